The Bertz CT molecular complexity index is 261. The summed E-state index contributed by atoms with van der Waals surface area (Å²) in [5.74, 6) is 0.982. The highest BCUT2D eigenvalue weighted by molar-refractivity contribution is 14.1. The Morgan fingerprint density at radius 1 is 1.06 bits per heavy atom. The summed E-state index contributed by atoms with van der Waals surface area (Å²) in [6, 6.07) is 10.1. The summed E-state index contributed by atoms with van der Waals surface area (Å²) in [7, 11) is 0. The molecule has 0 aliphatic rings. The number of hydrogen-bond acceptors (Lipinski definition) is 1. The minimum Gasteiger partial charge on any atom is -0.480 e. The van der Waals surface area contributed by atoms with Crippen LogP contribution in [-0.4, -0.2) is 4.11 Å². The molecule has 0 aliphatic carbocycles. The van der Waals surface area contributed by atoms with Crippen LogP contribution in [0.4, 0.5) is 0 Å². The molecule has 0 saturated heterocycles. The number of halogens is 1. The molecule has 0 fully saturated rings. The molecule has 0 heterocycles. The van der Waals surface area contributed by atoms with Crippen LogP contribution >= 0.6 is 22.6 Å². The van der Waals surface area contributed by atoms with Crippen molar-refractivity contribution in [3.8, 4) is 5.75 Å². The zero-order valence-corrected chi connectivity index (χ0v) is 12.2. The third-order valence-corrected chi connectivity index (χ3v) is 3.42. The van der Waals surface area contributed by atoms with Crippen LogP contribution in [0.1, 0.15) is 45.4 Å². The maximum Gasteiger partial charge on any atom is 0.149 e. The molecular weight excluding hydrogens is 311 g/mol. The Labute approximate surface area is 113 Å². The second kappa shape index (κ2) is 8.85. The second-order valence-corrected chi connectivity index (χ2v) is 5.43. The lowest BCUT2D eigenvalue weighted by molar-refractivity contribution is 0.286. The zero-order chi connectivity index (χ0) is 11.6. The van der Waals surface area contributed by atoms with Gasteiger partial charge in [0.05, 0.1) is 0 Å². The summed E-state index contributed by atoms with van der Waals surface area (Å²) in [4.78, 5) is 0. The zero-order valence-electron chi connectivity index (χ0n) is 9.99. The van der Waals surface area contributed by atoms with Gasteiger partial charge in [-0.05, 0) is 47.6 Å². The van der Waals surface area contributed by atoms with Crippen molar-refractivity contribution in [3.05, 3.63) is 30.3 Å². The van der Waals surface area contributed by atoms with Crippen molar-refractivity contribution in [2.24, 2.45) is 0 Å². The predicted octanol–water partition coefficient (Wildman–Crippen LogP) is 5.19. The van der Waals surface area contributed by atoms with E-state index in [9.17, 15) is 0 Å². The van der Waals surface area contributed by atoms with E-state index >= 15 is 0 Å². The van der Waals surface area contributed by atoms with Gasteiger partial charge in [-0.2, -0.15) is 0 Å². The van der Waals surface area contributed by atoms with Gasteiger partial charge in [0.1, 0.15) is 9.86 Å². The van der Waals surface area contributed by atoms with Gasteiger partial charge in [-0.1, -0.05) is 50.8 Å². The van der Waals surface area contributed by atoms with Gasteiger partial charge in [0.25, 0.3) is 0 Å². The van der Waals surface area contributed by atoms with E-state index in [1.807, 2.05) is 30.3 Å². The maximum atomic E-state index is 5.81. The van der Waals surface area contributed by atoms with Crippen LogP contribution in [0.15, 0.2) is 30.3 Å². The first-order valence-electron chi connectivity index (χ1n) is 6.18. The van der Waals surface area contributed by atoms with Crippen molar-refractivity contribution >= 4 is 22.6 Å². The predicted molar refractivity (Wildman–Crippen MR) is 78.3 cm³/mol. The molecule has 1 nitrogen and oxygen atoms in total. The normalized spacial score (nSPS) is 12.4. The molecule has 1 unspecified atom stereocenters. The van der Waals surface area contributed by atoms with Gasteiger partial charge in [0.15, 0.2) is 0 Å². The highest BCUT2D eigenvalue weighted by atomic mass is 127. The molecule has 0 saturated carbocycles. The standard InChI is InChI=1S/C14H21IO/c1-2-3-4-5-9-12-14(15)16-13-10-7-6-8-11-13/h6-8,10-11,14H,2-5,9,12H2,1H3. The summed E-state index contributed by atoms with van der Waals surface area (Å²) in [6.07, 6.45) is 7.82. The van der Waals surface area contributed by atoms with Gasteiger partial charge >= 0.3 is 0 Å². The van der Waals surface area contributed by atoms with E-state index < -0.39 is 0 Å². The van der Waals surface area contributed by atoms with Crippen molar-refractivity contribution in [2.75, 3.05) is 0 Å². The van der Waals surface area contributed by atoms with E-state index in [2.05, 4.69) is 29.5 Å². The minimum atomic E-state index is 0.307. The average Bonchev–Trinajstić information content (AvgIpc) is 2.30. The summed E-state index contributed by atoms with van der Waals surface area (Å²) >= 11 is 2.38. The number of rotatable bonds is 8. The molecule has 2 heteroatoms. The monoisotopic (exact) mass is 332 g/mol. The summed E-state index contributed by atoms with van der Waals surface area (Å²) < 4.78 is 6.11. The number of para-hydroxylation sites is 1. The van der Waals surface area contributed by atoms with E-state index in [4.69, 9.17) is 4.74 Å². The van der Waals surface area contributed by atoms with Crippen LogP contribution in [0.2, 0.25) is 0 Å². The number of alkyl halides is 1. The smallest absolute Gasteiger partial charge is 0.149 e. The van der Waals surface area contributed by atoms with Crippen molar-refractivity contribution in [1.29, 1.82) is 0 Å². The first-order chi connectivity index (χ1) is 7.83. The minimum absolute atomic E-state index is 0.307. The highest BCUT2D eigenvalue weighted by Crippen LogP contribution is 2.18. The molecule has 0 spiro atoms. The number of hydrogen-bond donors (Lipinski definition) is 0. The van der Waals surface area contributed by atoms with Crippen LogP contribution in [-0.2, 0) is 0 Å². The van der Waals surface area contributed by atoms with E-state index in [-0.39, 0.29) is 0 Å². The van der Waals surface area contributed by atoms with E-state index in [1.54, 1.807) is 0 Å². The van der Waals surface area contributed by atoms with Crippen LogP contribution in [0.25, 0.3) is 0 Å². The van der Waals surface area contributed by atoms with Crippen molar-refractivity contribution < 1.29 is 4.74 Å². The van der Waals surface area contributed by atoms with E-state index in [1.165, 1.54) is 32.1 Å². The number of ether oxygens (including phenoxy) is 1. The van der Waals surface area contributed by atoms with Gasteiger partial charge in [0, 0.05) is 0 Å². The first kappa shape index (κ1) is 13.8. The molecule has 1 atom stereocenters. The molecule has 1 aromatic carbocycles. The Kier molecular flexibility index (Phi) is 7.64. The Morgan fingerprint density at radius 2 is 1.75 bits per heavy atom. The fraction of sp³-hybridized carbons (Fsp3) is 0.571. The molecule has 0 N–H and O–H groups in total. The fourth-order valence-electron chi connectivity index (χ4n) is 1.61. The lowest BCUT2D eigenvalue weighted by atomic mass is 10.1. The van der Waals surface area contributed by atoms with Crippen molar-refractivity contribution in [3.63, 3.8) is 0 Å². The van der Waals surface area contributed by atoms with Crippen molar-refractivity contribution in [1.82, 2.24) is 0 Å². The molecule has 0 aliphatic heterocycles. The molecule has 0 radical (unpaired) electrons. The van der Waals surface area contributed by atoms with E-state index in [0.717, 1.165) is 12.2 Å². The maximum absolute atomic E-state index is 5.81. The van der Waals surface area contributed by atoms with Gasteiger partial charge in [-0.15, -0.1) is 0 Å². The van der Waals surface area contributed by atoms with Crippen LogP contribution in [0, 0.1) is 0 Å². The third-order valence-electron chi connectivity index (χ3n) is 2.54. The van der Waals surface area contributed by atoms with Gasteiger partial charge < -0.3 is 4.74 Å². The summed E-state index contributed by atoms with van der Waals surface area (Å²) in [5, 5.41) is 0. The Morgan fingerprint density at radius 3 is 2.44 bits per heavy atom. The lowest BCUT2D eigenvalue weighted by Gasteiger charge is -2.12. The Hall–Kier alpha value is -0.250. The van der Waals surface area contributed by atoms with Crippen LogP contribution in [0.3, 0.4) is 0 Å². The Balaban J connectivity index is 2.09. The summed E-state index contributed by atoms with van der Waals surface area (Å²) in [5.41, 5.74) is 0. The second-order valence-electron chi connectivity index (χ2n) is 4.04. The molecule has 0 aromatic heterocycles. The van der Waals surface area contributed by atoms with Gasteiger partial charge in [-0.25, -0.2) is 0 Å². The summed E-state index contributed by atoms with van der Waals surface area (Å²) in [6.45, 7) is 2.25. The molecule has 90 valence electrons. The molecular formula is C14H21IO. The van der Waals surface area contributed by atoms with Crippen LogP contribution < -0.4 is 4.74 Å². The molecule has 1 aromatic rings. The van der Waals surface area contributed by atoms with Crippen molar-refractivity contribution in [2.45, 2.75) is 49.6 Å². The van der Waals surface area contributed by atoms with Crippen LogP contribution in [0.5, 0.6) is 5.75 Å². The molecule has 1 rings (SSSR count). The third kappa shape index (κ3) is 6.36. The van der Waals surface area contributed by atoms with E-state index in [0.29, 0.717) is 4.11 Å². The highest BCUT2D eigenvalue weighted by Gasteiger charge is 2.04. The topological polar surface area (TPSA) is 9.23 Å². The van der Waals surface area contributed by atoms with Gasteiger partial charge in [-0.3, -0.25) is 0 Å². The molecule has 0 bridgehead atoms. The lowest BCUT2D eigenvalue weighted by Crippen LogP contribution is -2.07. The molecule has 0 amide bonds. The fourth-order valence-corrected chi connectivity index (χ4v) is 2.35. The number of benzene rings is 1. The average molecular weight is 332 g/mol. The quantitative estimate of drug-likeness (QED) is 0.362. The first-order valence-corrected chi connectivity index (χ1v) is 7.43. The van der Waals surface area contributed by atoms with Gasteiger partial charge in [0.2, 0.25) is 0 Å². The largest absolute Gasteiger partial charge is 0.480 e. The SMILES string of the molecule is CCCCCCCC(I)Oc1ccccc1. The number of unbranched alkanes of at least 4 members (excludes halogenated alkanes) is 4. The molecule has 16 heavy (non-hydrogen) atoms.